The Labute approximate surface area is 153 Å². The fraction of sp³-hybridized carbons (Fsp3) is 0.375. The monoisotopic (exact) mass is 381 g/mol. The number of likely N-dealkylation sites (N-methyl/N-ethyl adjacent to an activating group) is 1. The molecule has 0 aliphatic heterocycles. The lowest BCUT2D eigenvalue weighted by Crippen LogP contribution is -2.38. The van der Waals surface area contributed by atoms with Crippen LogP contribution in [0.4, 0.5) is 0 Å². The maximum atomic E-state index is 11.6. The maximum Gasteiger partial charge on any atom is 0.307 e. The highest BCUT2D eigenvalue weighted by atomic mass is 32.2. The number of hydrogen-bond donors (Lipinski definition) is 2. The first kappa shape index (κ1) is 19.2. The van der Waals surface area contributed by atoms with Crippen molar-refractivity contribution in [1.29, 1.82) is 0 Å². The summed E-state index contributed by atoms with van der Waals surface area (Å²) in [5.41, 5.74) is 0.946. The topological polar surface area (TPSA) is 97.4 Å². The van der Waals surface area contributed by atoms with E-state index in [1.165, 1.54) is 11.8 Å². The number of thioether (sulfide) groups is 1. The molecule has 0 fully saturated rings. The van der Waals surface area contributed by atoms with Gasteiger partial charge in [0, 0.05) is 12.3 Å². The fourth-order valence-electron chi connectivity index (χ4n) is 1.84. The van der Waals surface area contributed by atoms with Gasteiger partial charge in [-0.15, -0.1) is 11.3 Å². The number of benzene rings is 1. The van der Waals surface area contributed by atoms with Crippen molar-refractivity contribution in [2.45, 2.75) is 17.7 Å². The first-order valence-electron chi connectivity index (χ1n) is 7.76. The van der Waals surface area contributed by atoms with Crippen LogP contribution in [0.25, 0.3) is 10.2 Å². The molecule has 2 rings (SSSR count). The summed E-state index contributed by atoms with van der Waals surface area (Å²) >= 11 is 3.06. The summed E-state index contributed by atoms with van der Waals surface area (Å²) < 4.78 is 6.88. The van der Waals surface area contributed by atoms with Crippen LogP contribution in [0.1, 0.15) is 13.3 Å². The third kappa shape index (κ3) is 6.71. The van der Waals surface area contributed by atoms with Crippen LogP contribution in [-0.4, -0.2) is 48.2 Å². The molecule has 0 saturated carbocycles. The van der Waals surface area contributed by atoms with Gasteiger partial charge in [-0.05, 0) is 19.1 Å². The van der Waals surface area contributed by atoms with Crippen molar-refractivity contribution in [3.8, 4) is 0 Å². The zero-order valence-electron chi connectivity index (χ0n) is 13.7. The minimum Gasteiger partial charge on any atom is -0.456 e. The van der Waals surface area contributed by atoms with Crippen molar-refractivity contribution in [2.24, 2.45) is 0 Å². The number of hydrogen-bond acceptors (Lipinski definition) is 7. The standard InChI is InChI=1S/C16H19N3O4S2/c1-2-17-13(20)9-18-14(21)10-23-15(22)7-8-24-16-19-11-5-3-4-6-12(11)25-16/h3-6H,2,7-10H2,1H3,(H,17,20)(H,18,21). The largest absolute Gasteiger partial charge is 0.456 e. The van der Waals surface area contributed by atoms with Gasteiger partial charge < -0.3 is 15.4 Å². The molecule has 134 valence electrons. The van der Waals surface area contributed by atoms with E-state index in [1.54, 1.807) is 18.3 Å². The summed E-state index contributed by atoms with van der Waals surface area (Å²) in [6.45, 7) is 1.77. The molecular formula is C16H19N3O4S2. The second-order valence-electron chi connectivity index (χ2n) is 4.94. The molecule has 0 aliphatic carbocycles. The smallest absolute Gasteiger partial charge is 0.307 e. The second kappa shape index (κ2) is 10.00. The van der Waals surface area contributed by atoms with Gasteiger partial charge in [0.15, 0.2) is 10.9 Å². The third-order valence-electron chi connectivity index (χ3n) is 2.99. The van der Waals surface area contributed by atoms with Crippen LogP contribution < -0.4 is 10.6 Å². The van der Waals surface area contributed by atoms with Gasteiger partial charge in [0.25, 0.3) is 5.91 Å². The molecule has 2 N–H and O–H groups in total. The second-order valence-corrected chi connectivity index (χ2v) is 7.31. The molecule has 0 aliphatic rings. The zero-order valence-corrected chi connectivity index (χ0v) is 15.4. The molecule has 7 nitrogen and oxygen atoms in total. The van der Waals surface area contributed by atoms with Gasteiger partial charge in [0.05, 0.1) is 23.2 Å². The van der Waals surface area contributed by atoms with Crippen LogP contribution in [0.2, 0.25) is 0 Å². The number of thiazole rings is 1. The lowest BCUT2D eigenvalue weighted by Gasteiger charge is -2.06. The number of carbonyl (C=O) groups excluding carboxylic acids is 3. The van der Waals surface area contributed by atoms with E-state index in [1.807, 2.05) is 24.3 Å². The summed E-state index contributed by atoms with van der Waals surface area (Å²) in [6, 6.07) is 7.85. The summed E-state index contributed by atoms with van der Waals surface area (Å²) in [7, 11) is 0. The van der Waals surface area contributed by atoms with Crippen molar-refractivity contribution >= 4 is 51.1 Å². The number of esters is 1. The van der Waals surface area contributed by atoms with Crippen molar-refractivity contribution in [3.63, 3.8) is 0 Å². The van der Waals surface area contributed by atoms with E-state index in [0.29, 0.717) is 12.3 Å². The molecule has 1 aromatic heterocycles. The number of amides is 2. The normalized spacial score (nSPS) is 10.4. The highest BCUT2D eigenvalue weighted by molar-refractivity contribution is 8.01. The Morgan fingerprint density at radius 1 is 1.20 bits per heavy atom. The van der Waals surface area contributed by atoms with Gasteiger partial charge in [0.2, 0.25) is 5.91 Å². The van der Waals surface area contributed by atoms with Crippen LogP contribution in [0.3, 0.4) is 0 Å². The summed E-state index contributed by atoms with van der Waals surface area (Å²) in [5.74, 6) is -0.714. The van der Waals surface area contributed by atoms with Gasteiger partial charge in [-0.2, -0.15) is 0 Å². The molecule has 2 aromatic rings. The Hall–Kier alpha value is -2.13. The Bertz CT molecular complexity index is 715. The van der Waals surface area contributed by atoms with Gasteiger partial charge >= 0.3 is 5.97 Å². The van der Waals surface area contributed by atoms with Crippen molar-refractivity contribution < 1.29 is 19.1 Å². The number of fused-ring (bicyclic) bond motifs is 1. The SMILES string of the molecule is CCNC(=O)CNC(=O)COC(=O)CCSc1nc2ccccc2s1. The van der Waals surface area contributed by atoms with Gasteiger partial charge in [-0.3, -0.25) is 14.4 Å². The van der Waals surface area contributed by atoms with E-state index < -0.39 is 11.9 Å². The van der Waals surface area contributed by atoms with Crippen LogP contribution >= 0.6 is 23.1 Å². The number of para-hydroxylation sites is 1. The third-order valence-corrected chi connectivity index (χ3v) is 5.17. The quantitative estimate of drug-likeness (QED) is 0.506. The van der Waals surface area contributed by atoms with E-state index in [0.717, 1.165) is 14.6 Å². The van der Waals surface area contributed by atoms with Crippen molar-refractivity contribution in [2.75, 3.05) is 25.4 Å². The fourth-order valence-corrected chi connectivity index (χ4v) is 3.90. The average Bonchev–Trinajstić information content (AvgIpc) is 3.01. The Kier molecular flexibility index (Phi) is 7.68. The molecule has 1 aromatic carbocycles. The molecule has 0 unspecified atom stereocenters. The molecule has 25 heavy (non-hydrogen) atoms. The Morgan fingerprint density at radius 2 is 2.00 bits per heavy atom. The molecule has 0 bridgehead atoms. The minimum atomic E-state index is -0.501. The number of carbonyl (C=O) groups is 3. The van der Waals surface area contributed by atoms with E-state index in [2.05, 4.69) is 15.6 Å². The summed E-state index contributed by atoms with van der Waals surface area (Å²) in [5, 5.41) is 4.93. The molecule has 0 saturated heterocycles. The van der Waals surface area contributed by atoms with Crippen molar-refractivity contribution in [3.05, 3.63) is 24.3 Å². The maximum absolute atomic E-state index is 11.6. The number of nitrogens with zero attached hydrogens (tertiary/aromatic N) is 1. The molecule has 0 spiro atoms. The first-order valence-corrected chi connectivity index (χ1v) is 9.56. The minimum absolute atomic E-state index is 0.127. The van der Waals surface area contributed by atoms with Crippen LogP contribution in [0.5, 0.6) is 0 Å². The molecular weight excluding hydrogens is 362 g/mol. The van der Waals surface area contributed by atoms with Gasteiger partial charge in [-0.1, -0.05) is 23.9 Å². The Morgan fingerprint density at radius 3 is 2.76 bits per heavy atom. The molecule has 0 radical (unpaired) electrons. The summed E-state index contributed by atoms with van der Waals surface area (Å²) in [4.78, 5) is 38.8. The number of aromatic nitrogens is 1. The van der Waals surface area contributed by atoms with Crippen LogP contribution in [0, 0.1) is 0 Å². The van der Waals surface area contributed by atoms with Crippen LogP contribution in [-0.2, 0) is 19.1 Å². The number of rotatable bonds is 9. The van der Waals surface area contributed by atoms with Crippen molar-refractivity contribution in [1.82, 2.24) is 15.6 Å². The molecule has 9 heteroatoms. The van der Waals surface area contributed by atoms with E-state index in [-0.39, 0.29) is 25.5 Å². The Balaban J connectivity index is 1.62. The first-order chi connectivity index (χ1) is 12.1. The van der Waals surface area contributed by atoms with E-state index in [4.69, 9.17) is 4.74 Å². The van der Waals surface area contributed by atoms with E-state index >= 15 is 0 Å². The number of ether oxygens (including phenoxy) is 1. The molecule has 0 atom stereocenters. The highest BCUT2D eigenvalue weighted by Crippen LogP contribution is 2.29. The number of nitrogens with one attached hydrogen (secondary N) is 2. The van der Waals surface area contributed by atoms with Gasteiger partial charge in [0.1, 0.15) is 0 Å². The average molecular weight is 381 g/mol. The lowest BCUT2D eigenvalue weighted by molar-refractivity contribution is -0.148. The lowest BCUT2D eigenvalue weighted by atomic mass is 10.3. The molecule has 1 heterocycles. The highest BCUT2D eigenvalue weighted by Gasteiger charge is 2.10. The molecule has 2 amide bonds. The predicted molar refractivity (Wildman–Crippen MR) is 97.6 cm³/mol. The van der Waals surface area contributed by atoms with Gasteiger partial charge in [-0.25, -0.2) is 4.98 Å². The van der Waals surface area contributed by atoms with E-state index in [9.17, 15) is 14.4 Å². The zero-order chi connectivity index (χ0) is 18.1. The van der Waals surface area contributed by atoms with Crippen LogP contribution in [0.15, 0.2) is 28.6 Å². The summed E-state index contributed by atoms with van der Waals surface area (Å²) in [6.07, 6.45) is 0.185. The predicted octanol–water partition coefficient (Wildman–Crippen LogP) is 1.57.